The van der Waals surface area contributed by atoms with E-state index in [1.807, 2.05) is 30.8 Å². The van der Waals surface area contributed by atoms with Gasteiger partial charge in [0, 0.05) is 30.4 Å². The van der Waals surface area contributed by atoms with Crippen molar-refractivity contribution >= 4 is 22.6 Å². The molecule has 7 nitrogen and oxygen atoms in total. The Hall–Kier alpha value is -2.70. The van der Waals surface area contributed by atoms with Crippen molar-refractivity contribution in [1.29, 1.82) is 0 Å². The van der Waals surface area contributed by atoms with E-state index in [0.29, 0.717) is 17.2 Å². The largest absolute Gasteiger partial charge is 0.319 e. The summed E-state index contributed by atoms with van der Waals surface area (Å²) < 4.78 is 3.71. The van der Waals surface area contributed by atoms with E-state index < -0.39 is 0 Å². The lowest BCUT2D eigenvalue weighted by atomic mass is 10.1. The van der Waals surface area contributed by atoms with Crippen molar-refractivity contribution in [3.8, 4) is 0 Å². The molecule has 0 aromatic carbocycles. The third-order valence-corrected chi connectivity index (χ3v) is 4.80. The van der Waals surface area contributed by atoms with Gasteiger partial charge in [-0.05, 0) is 46.6 Å². The highest BCUT2D eigenvalue weighted by Gasteiger charge is 2.29. The van der Waals surface area contributed by atoms with E-state index in [1.165, 1.54) is 0 Å². The Labute approximate surface area is 152 Å². The van der Waals surface area contributed by atoms with Crippen LogP contribution in [0.1, 0.15) is 67.3 Å². The SMILES string of the molecule is CCn1cc(NC(=O)c2cc(C3CC3)nc3c2c(C)nn3C(C)C)cn1. The lowest BCUT2D eigenvalue weighted by Crippen LogP contribution is -2.13. The van der Waals surface area contributed by atoms with Crippen LogP contribution in [0.2, 0.25) is 0 Å². The van der Waals surface area contributed by atoms with Crippen LogP contribution in [0.3, 0.4) is 0 Å². The molecule has 0 atom stereocenters. The van der Waals surface area contributed by atoms with E-state index in [4.69, 9.17) is 4.98 Å². The number of nitrogens with one attached hydrogen (secondary N) is 1. The first kappa shape index (κ1) is 16.8. The molecule has 136 valence electrons. The number of hydrogen-bond donors (Lipinski definition) is 1. The van der Waals surface area contributed by atoms with Gasteiger partial charge in [-0.3, -0.25) is 9.48 Å². The Morgan fingerprint density at radius 1 is 1.38 bits per heavy atom. The number of anilines is 1. The summed E-state index contributed by atoms with van der Waals surface area (Å²) in [6.45, 7) is 8.87. The van der Waals surface area contributed by atoms with E-state index in [2.05, 4.69) is 29.4 Å². The standard InChI is InChI=1S/C19H24N6O/c1-5-24-10-14(9-20-24)21-19(26)15-8-16(13-6-7-13)22-18-17(15)12(4)23-25(18)11(2)3/h8-11,13H,5-7H2,1-4H3,(H,21,26). The van der Waals surface area contributed by atoms with Gasteiger partial charge < -0.3 is 5.32 Å². The van der Waals surface area contributed by atoms with Crippen LogP contribution in [0.25, 0.3) is 11.0 Å². The molecule has 26 heavy (non-hydrogen) atoms. The molecule has 0 aliphatic heterocycles. The summed E-state index contributed by atoms with van der Waals surface area (Å²) in [5, 5.41) is 12.7. The molecule has 3 aromatic heterocycles. The number of carbonyl (C=O) groups excluding carboxylic acids is 1. The van der Waals surface area contributed by atoms with Crippen molar-refractivity contribution in [3.05, 3.63) is 35.4 Å². The second-order valence-electron chi connectivity index (χ2n) is 7.23. The topological polar surface area (TPSA) is 77.6 Å². The number of nitrogens with zero attached hydrogens (tertiary/aromatic N) is 5. The number of fused-ring (bicyclic) bond motifs is 1. The summed E-state index contributed by atoms with van der Waals surface area (Å²) in [6.07, 6.45) is 5.78. The van der Waals surface area contributed by atoms with E-state index in [-0.39, 0.29) is 11.9 Å². The molecule has 0 unspecified atom stereocenters. The highest BCUT2D eigenvalue weighted by Crippen LogP contribution is 2.40. The van der Waals surface area contributed by atoms with Crippen molar-refractivity contribution < 1.29 is 4.79 Å². The second kappa shape index (κ2) is 6.23. The van der Waals surface area contributed by atoms with Gasteiger partial charge in [-0.2, -0.15) is 10.2 Å². The molecule has 3 heterocycles. The van der Waals surface area contributed by atoms with E-state index in [0.717, 1.165) is 41.8 Å². The molecule has 1 aliphatic carbocycles. The zero-order valence-corrected chi connectivity index (χ0v) is 15.7. The quantitative estimate of drug-likeness (QED) is 0.760. The van der Waals surface area contributed by atoms with Gasteiger partial charge in [0.1, 0.15) is 0 Å². The molecular formula is C19H24N6O. The van der Waals surface area contributed by atoms with Gasteiger partial charge in [-0.1, -0.05) is 0 Å². The van der Waals surface area contributed by atoms with Gasteiger partial charge in [-0.25, -0.2) is 9.67 Å². The normalized spacial score (nSPS) is 14.3. The number of hydrogen-bond acceptors (Lipinski definition) is 4. The monoisotopic (exact) mass is 352 g/mol. The molecule has 4 rings (SSSR count). The fourth-order valence-electron chi connectivity index (χ4n) is 3.26. The van der Waals surface area contributed by atoms with Gasteiger partial charge in [0.15, 0.2) is 5.65 Å². The number of rotatable bonds is 5. The Balaban J connectivity index is 1.80. The lowest BCUT2D eigenvalue weighted by molar-refractivity contribution is 0.102. The third kappa shape index (κ3) is 2.87. The molecule has 1 fully saturated rings. The molecule has 0 spiro atoms. The zero-order valence-electron chi connectivity index (χ0n) is 15.7. The minimum atomic E-state index is -0.138. The second-order valence-corrected chi connectivity index (χ2v) is 7.23. The van der Waals surface area contributed by atoms with Crippen LogP contribution in [-0.2, 0) is 6.54 Å². The first-order chi connectivity index (χ1) is 12.5. The van der Waals surface area contributed by atoms with Crippen LogP contribution >= 0.6 is 0 Å². The molecular weight excluding hydrogens is 328 g/mol. The van der Waals surface area contributed by atoms with Crippen molar-refractivity contribution in [2.45, 2.75) is 59.0 Å². The summed E-state index contributed by atoms with van der Waals surface area (Å²) in [7, 11) is 0. The molecule has 7 heteroatoms. The Morgan fingerprint density at radius 2 is 2.15 bits per heavy atom. The molecule has 1 aliphatic rings. The average molecular weight is 352 g/mol. The molecule has 3 aromatic rings. The zero-order chi connectivity index (χ0) is 18.4. The van der Waals surface area contributed by atoms with Crippen molar-refractivity contribution in [2.75, 3.05) is 5.32 Å². The Bertz CT molecular complexity index is 979. The average Bonchev–Trinajstić information content (AvgIpc) is 3.28. The Kier molecular flexibility index (Phi) is 4.01. The molecule has 0 bridgehead atoms. The number of pyridine rings is 1. The highest BCUT2D eigenvalue weighted by molar-refractivity contribution is 6.12. The Morgan fingerprint density at radius 3 is 2.77 bits per heavy atom. The van der Waals surface area contributed by atoms with Crippen LogP contribution < -0.4 is 5.32 Å². The van der Waals surface area contributed by atoms with Crippen molar-refractivity contribution in [2.24, 2.45) is 0 Å². The minimum absolute atomic E-state index is 0.138. The fourth-order valence-corrected chi connectivity index (χ4v) is 3.26. The highest BCUT2D eigenvalue weighted by atomic mass is 16.1. The van der Waals surface area contributed by atoms with Crippen LogP contribution in [0.15, 0.2) is 18.5 Å². The smallest absolute Gasteiger partial charge is 0.256 e. The maximum atomic E-state index is 13.0. The van der Waals surface area contributed by atoms with Crippen LogP contribution in [0.5, 0.6) is 0 Å². The summed E-state index contributed by atoms with van der Waals surface area (Å²) >= 11 is 0. The van der Waals surface area contributed by atoms with Gasteiger partial charge in [0.25, 0.3) is 5.91 Å². The van der Waals surface area contributed by atoms with Gasteiger partial charge in [0.2, 0.25) is 0 Å². The number of carbonyl (C=O) groups is 1. The van der Waals surface area contributed by atoms with Gasteiger partial charge >= 0.3 is 0 Å². The van der Waals surface area contributed by atoms with Crippen LogP contribution in [-0.4, -0.2) is 30.5 Å². The molecule has 1 N–H and O–H groups in total. The molecule has 0 radical (unpaired) electrons. The van der Waals surface area contributed by atoms with Crippen LogP contribution in [0.4, 0.5) is 5.69 Å². The summed E-state index contributed by atoms with van der Waals surface area (Å²) in [5.74, 6) is 0.325. The summed E-state index contributed by atoms with van der Waals surface area (Å²) in [5.41, 5.74) is 3.97. The van der Waals surface area contributed by atoms with Gasteiger partial charge in [0.05, 0.1) is 28.5 Å². The maximum absolute atomic E-state index is 13.0. The maximum Gasteiger partial charge on any atom is 0.256 e. The first-order valence-corrected chi connectivity index (χ1v) is 9.21. The van der Waals surface area contributed by atoms with E-state index >= 15 is 0 Å². The predicted molar refractivity (Wildman–Crippen MR) is 100 cm³/mol. The van der Waals surface area contributed by atoms with Crippen molar-refractivity contribution in [1.82, 2.24) is 24.5 Å². The predicted octanol–water partition coefficient (Wildman–Crippen LogP) is 3.67. The summed E-state index contributed by atoms with van der Waals surface area (Å²) in [4.78, 5) is 17.9. The molecule has 1 saturated carbocycles. The van der Waals surface area contributed by atoms with Gasteiger partial charge in [-0.15, -0.1) is 0 Å². The lowest BCUT2D eigenvalue weighted by Gasteiger charge is -2.10. The number of aryl methyl sites for hydroxylation is 2. The van der Waals surface area contributed by atoms with E-state index in [9.17, 15) is 4.79 Å². The number of aromatic nitrogens is 5. The molecule has 0 saturated heterocycles. The van der Waals surface area contributed by atoms with Crippen LogP contribution in [0, 0.1) is 6.92 Å². The van der Waals surface area contributed by atoms with Crippen molar-refractivity contribution in [3.63, 3.8) is 0 Å². The summed E-state index contributed by atoms with van der Waals surface area (Å²) in [6, 6.07) is 2.13. The minimum Gasteiger partial charge on any atom is -0.319 e. The fraction of sp³-hybridized carbons (Fsp3) is 0.474. The number of amides is 1. The van der Waals surface area contributed by atoms with E-state index in [1.54, 1.807) is 10.9 Å². The molecule has 1 amide bonds. The first-order valence-electron chi connectivity index (χ1n) is 9.21. The third-order valence-electron chi connectivity index (χ3n) is 4.80.